The van der Waals surface area contributed by atoms with Crippen molar-refractivity contribution in [1.82, 2.24) is 4.72 Å². The fourth-order valence-corrected chi connectivity index (χ4v) is 3.02. The van der Waals surface area contributed by atoms with E-state index >= 15 is 0 Å². The molecule has 19 heavy (non-hydrogen) atoms. The molecule has 1 aliphatic rings. The highest BCUT2D eigenvalue weighted by molar-refractivity contribution is 7.89. The van der Waals surface area contributed by atoms with Gasteiger partial charge in [-0.1, -0.05) is 5.16 Å². The number of benzene rings is 1. The largest absolute Gasteiger partial charge is 0.409 e. The summed E-state index contributed by atoms with van der Waals surface area (Å²) in [5.74, 6) is -0.659. The van der Waals surface area contributed by atoms with Crippen molar-refractivity contribution in [2.75, 3.05) is 0 Å². The van der Waals surface area contributed by atoms with Crippen molar-refractivity contribution >= 4 is 15.9 Å². The molecule has 8 heteroatoms. The van der Waals surface area contributed by atoms with Crippen molar-refractivity contribution in [2.24, 2.45) is 16.8 Å². The molecule has 1 aromatic carbocycles. The maximum absolute atomic E-state index is 12.8. The first-order chi connectivity index (χ1) is 8.94. The molecule has 0 heterocycles. The predicted molar refractivity (Wildman–Crippen MR) is 66.6 cm³/mol. The Morgan fingerprint density at radius 2 is 2.00 bits per heavy atom. The van der Waals surface area contributed by atoms with Gasteiger partial charge in [-0.05, 0) is 43.0 Å². The first-order valence-corrected chi connectivity index (χ1v) is 7.17. The number of nitrogens with two attached hydrogens (primary N) is 1. The van der Waals surface area contributed by atoms with Crippen molar-refractivity contribution < 1.29 is 18.0 Å². The number of rotatable bonds is 5. The summed E-state index contributed by atoms with van der Waals surface area (Å²) in [6.45, 7) is 0. The van der Waals surface area contributed by atoms with Crippen molar-refractivity contribution in [3.63, 3.8) is 0 Å². The number of oxime groups is 1. The molecule has 1 aromatic rings. The SMILES string of the molecule is NC(=NO)C(NS(=O)(=O)c1ccc(F)cc1)C1CC1. The average Bonchev–Trinajstić information content (AvgIpc) is 3.20. The van der Waals surface area contributed by atoms with Gasteiger partial charge in [0.1, 0.15) is 5.82 Å². The maximum atomic E-state index is 12.8. The van der Waals surface area contributed by atoms with E-state index in [1.807, 2.05) is 0 Å². The van der Waals surface area contributed by atoms with Gasteiger partial charge in [0.05, 0.1) is 10.9 Å². The first kappa shape index (κ1) is 13.8. The molecule has 0 bridgehead atoms. The fourth-order valence-electron chi connectivity index (χ4n) is 1.74. The molecule has 0 spiro atoms. The van der Waals surface area contributed by atoms with Crippen LogP contribution in [0.1, 0.15) is 12.8 Å². The topological polar surface area (TPSA) is 105 Å². The molecule has 0 saturated heterocycles. The van der Waals surface area contributed by atoms with Crippen LogP contribution in [0.2, 0.25) is 0 Å². The molecule has 1 unspecified atom stereocenters. The molecule has 1 fully saturated rings. The highest BCUT2D eigenvalue weighted by Crippen LogP contribution is 2.33. The molecular formula is C11H14FN3O3S. The molecule has 1 saturated carbocycles. The van der Waals surface area contributed by atoms with Crippen LogP contribution in [0.4, 0.5) is 4.39 Å². The Bertz CT molecular complexity index is 582. The molecule has 4 N–H and O–H groups in total. The van der Waals surface area contributed by atoms with Gasteiger partial charge in [0, 0.05) is 0 Å². The van der Waals surface area contributed by atoms with Crippen LogP contribution >= 0.6 is 0 Å². The predicted octanol–water partition coefficient (Wildman–Crippen LogP) is 0.629. The summed E-state index contributed by atoms with van der Waals surface area (Å²) in [6, 6.07) is 3.70. The van der Waals surface area contributed by atoms with Gasteiger partial charge in [0.15, 0.2) is 5.84 Å². The minimum atomic E-state index is -3.82. The van der Waals surface area contributed by atoms with E-state index < -0.39 is 21.9 Å². The van der Waals surface area contributed by atoms with Crippen LogP contribution in [0.25, 0.3) is 0 Å². The minimum Gasteiger partial charge on any atom is -0.409 e. The Morgan fingerprint density at radius 1 is 1.42 bits per heavy atom. The first-order valence-electron chi connectivity index (χ1n) is 5.69. The molecule has 6 nitrogen and oxygen atoms in total. The molecular weight excluding hydrogens is 273 g/mol. The molecule has 0 amide bonds. The number of nitrogens with one attached hydrogen (secondary N) is 1. The van der Waals surface area contributed by atoms with Crippen LogP contribution in [-0.2, 0) is 10.0 Å². The lowest BCUT2D eigenvalue weighted by Gasteiger charge is -2.16. The molecule has 104 valence electrons. The number of hydrogen-bond donors (Lipinski definition) is 3. The monoisotopic (exact) mass is 287 g/mol. The molecule has 1 atom stereocenters. The van der Waals surface area contributed by atoms with Gasteiger partial charge < -0.3 is 10.9 Å². The lowest BCUT2D eigenvalue weighted by Crippen LogP contribution is -2.46. The summed E-state index contributed by atoms with van der Waals surface area (Å²) in [5, 5.41) is 11.5. The van der Waals surface area contributed by atoms with Crippen LogP contribution in [0.15, 0.2) is 34.3 Å². The number of hydrogen-bond acceptors (Lipinski definition) is 4. The Labute approximate surface area is 110 Å². The second-order valence-electron chi connectivity index (χ2n) is 4.42. The zero-order valence-electron chi connectivity index (χ0n) is 9.95. The van der Waals surface area contributed by atoms with E-state index in [4.69, 9.17) is 10.9 Å². The number of amidine groups is 1. The fraction of sp³-hybridized carbons (Fsp3) is 0.364. The lowest BCUT2D eigenvalue weighted by molar-refractivity contribution is 0.314. The summed E-state index contributed by atoms with van der Waals surface area (Å²) in [5.41, 5.74) is 5.48. The molecule has 2 rings (SSSR count). The van der Waals surface area contributed by atoms with E-state index in [-0.39, 0.29) is 16.6 Å². The Kier molecular flexibility index (Phi) is 3.72. The Hall–Kier alpha value is -1.67. The zero-order chi connectivity index (χ0) is 14.0. The van der Waals surface area contributed by atoms with Crippen LogP contribution in [0.5, 0.6) is 0 Å². The van der Waals surface area contributed by atoms with E-state index in [2.05, 4.69) is 9.88 Å². The Morgan fingerprint density at radius 3 is 2.47 bits per heavy atom. The van der Waals surface area contributed by atoms with Crippen molar-refractivity contribution in [3.8, 4) is 0 Å². The highest BCUT2D eigenvalue weighted by Gasteiger charge is 2.37. The quantitative estimate of drug-likeness (QED) is 0.320. The summed E-state index contributed by atoms with van der Waals surface area (Å²) < 4.78 is 39.3. The molecule has 0 aromatic heterocycles. The van der Waals surface area contributed by atoms with E-state index in [0.29, 0.717) is 0 Å². The third kappa shape index (κ3) is 3.21. The number of halogens is 1. The van der Waals surface area contributed by atoms with E-state index in [1.54, 1.807) is 0 Å². The van der Waals surface area contributed by atoms with Gasteiger partial charge in [0.2, 0.25) is 10.0 Å². The Balaban J connectivity index is 2.22. The van der Waals surface area contributed by atoms with Crippen LogP contribution < -0.4 is 10.5 Å². The third-order valence-corrected chi connectivity index (χ3v) is 4.39. The van der Waals surface area contributed by atoms with Crippen molar-refractivity contribution in [1.29, 1.82) is 0 Å². The molecule has 1 aliphatic carbocycles. The number of sulfonamides is 1. The molecule has 0 aliphatic heterocycles. The summed E-state index contributed by atoms with van der Waals surface area (Å²) in [6.07, 6.45) is 1.62. The van der Waals surface area contributed by atoms with Gasteiger partial charge in [0.25, 0.3) is 0 Å². The van der Waals surface area contributed by atoms with Gasteiger partial charge in [-0.2, -0.15) is 0 Å². The van der Waals surface area contributed by atoms with Crippen LogP contribution in [0, 0.1) is 11.7 Å². The van der Waals surface area contributed by atoms with Gasteiger partial charge in [-0.15, -0.1) is 0 Å². The summed E-state index contributed by atoms with van der Waals surface area (Å²) in [4.78, 5) is -0.0645. The smallest absolute Gasteiger partial charge is 0.241 e. The van der Waals surface area contributed by atoms with Crippen LogP contribution in [0.3, 0.4) is 0 Å². The van der Waals surface area contributed by atoms with Crippen molar-refractivity contribution in [2.45, 2.75) is 23.8 Å². The van der Waals surface area contributed by atoms with Gasteiger partial charge in [-0.3, -0.25) is 0 Å². The summed E-state index contributed by atoms with van der Waals surface area (Å²) in [7, 11) is -3.82. The standard InChI is InChI=1S/C11H14FN3O3S/c12-8-3-5-9(6-4-8)19(17,18)15-10(7-1-2-7)11(13)14-16/h3-7,10,15-16H,1-2H2,(H2,13,14). The average molecular weight is 287 g/mol. The third-order valence-electron chi connectivity index (χ3n) is 2.93. The zero-order valence-corrected chi connectivity index (χ0v) is 10.8. The van der Waals surface area contributed by atoms with E-state index in [9.17, 15) is 12.8 Å². The minimum absolute atomic E-state index is 0.0334. The number of nitrogens with zero attached hydrogens (tertiary/aromatic N) is 1. The lowest BCUT2D eigenvalue weighted by atomic mass is 10.2. The normalized spacial score (nSPS) is 18.3. The van der Waals surface area contributed by atoms with Gasteiger partial charge in [-0.25, -0.2) is 17.5 Å². The summed E-state index contributed by atoms with van der Waals surface area (Å²) >= 11 is 0. The van der Waals surface area contributed by atoms with Crippen molar-refractivity contribution in [3.05, 3.63) is 30.1 Å². The molecule has 0 radical (unpaired) electrons. The van der Waals surface area contributed by atoms with Gasteiger partial charge >= 0.3 is 0 Å². The van der Waals surface area contributed by atoms with E-state index in [1.165, 1.54) is 0 Å². The van der Waals surface area contributed by atoms with E-state index in [0.717, 1.165) is 37.1 Å². The maximum Gasteiger partial charge on any atom is 0.241 e. The second-order valence-corrected chi connectivity index (χ2v) is 6.13. The van der Waals surface area contributed by atoms with Crippen LogP contribution in [-0.4, -0.2) is 25.5 Å². The second kappa shape index (κ2) is 5.14. The highest BCUT2D eigenvalue weighted by atomic mass is 32.2.